The molecule has 4 nitrogen and oxygen atoms in total. The molecule has 0 saturated carbocycles. The van der Waals surface area contributed by atoms with E-state index in [1.165, 1.54) is 23.9 Å². The van der Waals surface area contributed by atoms with Crippen LogP contribution in [0.2, 0.25) is 0 Å². The summed E-state index contributed by atoms with van der Waals surface area (Å²) in [5, 5.41) is 20.2. The number of halogens is 1. The van der Waals surface area contributed by atoms with E-state index in [9.17, 15) is 19.6 Å². The van der Waals surface area contributed by atoms with Crippen LogP contribution < -0.4 is 0 Å². The maximum atomic E-state index is 13.2. The van der Waals surface area contributed by atoms with E-state index in [1.807, 2.05) is 0 Å². The third-order valence-corrected chi connectivity index (χ3v) is 3.55. The number of aromatic hydroxyl groups is 1. The van der Waals surface area contributed by atoms with Crippen LogP contribution in [-0.4, -0.2) is 10.0 Å². The van der Waals surface area contributed by atoms with Crippen LogP contribution in [0.3, 0.4) is 0 Å². The fourth-order valence-electron chi connectivity index (χ4n) is 1.56. The van der Waals surface area contributed by atoms with Gasteiger partial charge in [0.2, 0.25) is 0 Å². The van der Waals surface area contributed by atoms with Crippen molar-refractivity contribution in [3.05, 3.63) is 64.0 Å². The predicted molar refractivity (Wildman–Crippen MR) is 70.7 cm³/mol. The molecule has 0 aliphatic heterocycles. The molecule has 0 radical (unpaired) electrons. The van der Waals surface area contributed by atoms with Gasteiger partial charge in [-0.1, -0.05) is 12.1 Å². The minimum absolute atomic E-state index is 0.137. The lowest BCUT2D eigenvalue weighted by molar-refractivity contribution is -0.385. The van der Waals surface area contributed by atoms with Crippen molar-refractivity contribution in [2.45, 2.75) is 10.6 Å². The average Bonchev–Trinajstić information content (AvgIpc) is 2.37. The van der Waals surface area contributed by atoms with Crippen molar-refractivity contribution < 1.29 is 14.4 Å². The van der Waals surface area contributed by atoms with Crippen LogP contribution in [0.15, 0.2) is 47.4 Å². The monoisotopic (exact) mass is 279 g/mol. The summed E-state index contributed by atoms with van der Waals surface area (Å²) in [7, 11) is 0. The number of phenolic OH excluding ortho intramolecular Hbond substituents is 1. The van der Waals surface area contributed by atoms with E-state index in [0.29, 0.717) is 16.2 Å². The number of non-ortho nitro benzene ring substituents is 1. The van der Waals surface area contributed by atoms with Gasteiger partial charge in [0.05, 0.1) is 11.0 Å². The number of hydrogen-bond acceptors (Lipinski definition) is 4. The molecule has 0 fully saturated rings. The van der Waals surface area contributed by atoms with Crippen LogP contribution in [0, 0.1) is 15.9 Å². The van der Waals surface area contributed by atoms with E-state index in [4.69, 9.17) is 0 Å². The summed E-state index contributed by atoms with van der Waals surface area (Å²) in [4.78, 5) is 10.6. The van der Waals surface area contributed by atoms with Crippen molar-refractivity contribution in [3.63, 3.8) is 0 Å². The number of hydrogen-bond donors (Lipinski definition) is 1. The Morgan fingerprint density at radius 3 is 2.68 bits per heavy atom. The van der Waals surface area contributed by atoms with Gasteiger partial charge in [-0.25, -0.2) is 4.39 Å². The fourth-order valence-corrected chi connectivity index (χ4v) is 2.44. The Labute approximate surface area is 113 Å². The SMILES string of the molecule is O=[N+]([O-])c1cc(F)cc(CSc2ccccc2O)c1. The zero-order valence-electron chi connectivity index (χ0n) is 9.75. The summed E-state index contributed by atoms with van der Waals surface area (Å²) >= 11 is 1.29. The molecule has 0 aromatic heterocycles. The molecule has 0 amide bonds. The highest BCUT2D eigenvalue weighted by Gasteiger charge is 2.10. The maximum absolute atomic E-state index is 13.2. The number of nitro groups is 1. The summed E-state index contributed by atoms with van der Waals surface area (Å²) in [6.45, 7) is 0. The molecule has 0 spiro atoms. The third kappa shape index (κ3) is 3.45. The van der Waals surface area contributed by atoms with Crippen molar-refractivity contribution in [2.75, 3.05) is 0 Å². The molecular formula is C13H10FNO3S. The Morgan fingerprint density at radius 1 is 1.26 bits per heavy atom. The highest BCUT2D eigenvalue weighted by Crippen LogP contribution is 2.31. The molecular weight excluding hydrogens is 269 g/mol. The Kier molecular flexibility index (Phi) is 4.01. The molecule has 1 N–H and O–H groups in total. The number of phenols is 1. The van der Waals surface area contributed by atoms with E-state index in [1.54, 1.807) is 24.3 Å². The summed E-state index contributed by atoms with van der Waals surface area (Å²) in [5.41, 5.74) is 0.229. The number of nitro benzene ring substituents is 1. The summed E-state index contributed by atoms with van der Waals surface area (Å²) in [5.74, 6) is -0.156. The molecule has 0 aliphatic rings. The maximum Gasteiger partial charge on any atom is 0.272 e. The van der Waals surface area contributed by atoms with Crippen LogP contribution in [0.4, 0.5) is 10.1 Å². The van der Waals surface area contributed by atoms with E-state index in [0.717, 1.165) is 6.07 Å². The van der Waals surface area contributed by atoms with Gasteiger partial charge >= 0.3 is 0 Å². The molecule has 0 atom stereocenters. The lowest BCUT2D eigenvalue weighted by atomic mass is 10.2. The molecule has 0 unspecified atom stereocenters. The van der Waals surface area contributed by atoms with E-state index in [2.05, 4.69) is 0 Å². The first-order valence-electron chi connectivity index (χ1n) is 5.41. The second-order valence-electron chi connectivity index (χ2n) is 3.83. The molecule has 2 rings (SSSR count). The van der Waals surface area contributed by atoms with E-state index in [-0.39, 0.29) is 11.4 Å². The number of benzene rings is 2. The number of para-hydroxylation sites is 1. The minimum Gasteiger partial charge on any atom is -0.507 e. The fraction of sp³-hybridized carbons (Fsp3) is 0.0769. The van der Waals surface area contributed by atoms with Gasteiger partial charge in [0.25, 0.3) is 5.69 Å². The van der Waals surface area contributed by atoms with Gasteiger partial charge in [-0.2, -0.15) is 0 Å². The normalized spacial score (nSPS) is 10.4. The van der Waals surface area contributed by atoms with Crippen molar-refractivity contribution >= 4 is 17.4 Å². The molecule has 98 valence electrons. The zero-order valence-corrected chi connectivity index (χ0v) is 10.6. The molecule has 2 aromatic carbocycles. The smallest absolute Gasteiger partial charge is 0.272 e. The second kappa shape index (κ2) is 5.71. The molecule has 19 heavy (non-hydrogen) atoms. The zero-order chi connectivity index (χ0) is 13.8. The van der Waals surface area contributed by atoms with Crippen molar-refractivity contribution in [2.24, 2.45) is 0 Å². The first kappa shape index (κ1) is 13.4. The third-order valence-electron chi connectivity index (χ3n) is 2.41. The Bertz CT molecular complexity index is 619. The molecule has 2 aromatic rings. The Morgan fingerprint density at radius 2 is 2.00 bits per heavy atom. The first-order valence-corrected chi connectivity index (χ1v) is 6.39. The van der Waals surface area contributed by atoms with Crippen LogP contribution in [0.5, 0.6) is 5.75 Å². The molecule has 0 heterocycles. The van der Waals surface area contributed by atoms with Gasteiger partial charge in [0.15, 0.2) is 0 Å². The number of rotatable bonds is 4. The van der Waals surface area contributed by atoms with Crippen LogP contribution in [0.25, 0.3) is 0 Å². The van der Waals surface area contributed by atoms with Crippen molar-refractivity contribution in [1.29, 1.82) is 0 Å². The van der Waals surface area contributed by atoms with Gasteiger partial charge in [-0.15, -0.1) is 11.8 Å². The molecule has 0 saturated heterocycles. The van der Waals surface area contributed by atoms with Crippen LogP contribution in [0.1, 0.15) is 5.56 Å². The summed E-state index contributed by atoms with van der Waals surface area (Å²) < 4.78 is 13.2. The topological polar surface area (TPSA) is 63.4 Å². The quantitative estimate of drug-likeness (QED) is 0.526. The summed E-state index contributed by atoms with van der Waals surface area (Å²) in [6.07, 6.45) is 0. The van der Waals surface area contributed by atoms with E-state index >= 15 is 0 Å². The van der Waals surface area contributed by atoms with Gasteiger partial charge in [0.1, 0.15) is 11.6 Å². The standard InChI is InChI=1S/C13H10FNO3S/c14-10-5-9(6-11(7-10)15(17)18)8-19-13-4-2-1-3-12(13)16/h1-7,16H,8H2. The first-order chi connectivity index (χ1) is 9.06. The molecule has 0 aliphatic carbocycles. The predicted octanol–water partition coefficient (Wildman–Crippen LogP) is 3.73. The Balaban J connectivity index is 2.16. The van der Waals surface area contributed by atoms with Crippen molar-refractivity contribution in [1.82, 2.24) is 0 Å². The van der Waals surface area contributed by atoms with Gasteiger partial charge in [-0.05, 0) is 23.8 Å². The van der Waals surface area contributed by atoms with Gasteiger partial charge < -0.3 is 5.11 Å². The van der Waals surface area contributed by atoms with Crippen LogP contribution >= 0.6 is 11.8 Å². The highest BCUT2D eigenvalue weighted by molar-refractivity contribution is 7.98. The summed E-state index contributed by atoms with van der Waals surface area (Å²) in [6, 6.07) is 10.2. The molecule has 0 bridgehead atoms. The lowest BCUT2D eigenvalue weighted by Crippen LogP contribution is -1.92. The minimum atomic E-state index is -0.637. The second-order valence-corrected chi connectivity index (χ2v) is 4.85. The number of thioether (sulfide) groups is 1. The highest BCUT2D eigenvalue weighted by atomic mass is 32.2. The average molecular weight is 279 g/mol. The van der Waals surface area contributed by atoms with E-state index < -0.39 is 10.7 Å². The number of nitrogens with zero attached hydrogens (tertiary/aromatic N) is 1. The van der Waals surface area contributed by atoms with Crippen molar-refractivity contribution in [3.8, 4) is 5.75 Å². The van der Waals surface area contributed by atoms with Crippen LogP contribution in [-0.2, 0) is 5.75 Å². The van der Waals surface area contributed by atoms with Gasteiger partial charge in [0, 0.05) is 16.7 Å². The lowest BCUT2D eigenvalue weighted by Gasteiger charge is -2.04. The largest absolute Gasteiger partial charge is 0.507 e. The molecule has 6 heteroatoms. The Hall–Kier alpha value is -2.08. The van der Waals surface area contributed by atoms with Gasteiger partial charge in [-0.3, -0.25) is 10.1 Å².